The van der Waals surface area contributed by atoms with Gasteiger partial charge in [-0.3, -0.25) is 4.79 Å². The second kappa shape index (κ2) is 14.6. The van der Waals surface area contributed by atoms with Crippen LogP contribution in [0.15, 0.2) is 30.3 Å². The Kier molecular flexibility index (Phi) is 11.2. The summed E-state index contributed by atoms with van der Waals surface area (Å²) in [4.78, 5) is 33.3. The molecule has 9 nitrogen and oxygen atoms in total. The normalized spacial score (nSPS) is 16.3. The fourth-order valence-electron chi connectivity index (χ4n) is 5.88. The monoisotopic (exact) mass is 640 g/mol. The number of halogens is 1. The number of benzene rings is 1. The lowest BCUT2D eigenvalue weighted by Gasteiger charge is -2.34. The van der Waals surface area contributed by atoms with Crippen molar-refractivity contribution >= 4 is 17.8 Å². The van der Waals surface area contributed by atoms with Gasteiger partial charge in [0.05, 0.1) is 24.7 Å². The summed E-state index contributed by atoms with van der Waals surface area (Å²) in [6.07, 6.45) is 5.19. The molecule has 0 radical (unpaired) electrons. The number of rotatable bonds is 15. The van der Waals surface area contributed by atoms with Gasteiger partial charge in [-0.15, -0.1) is 0 Å². The first-order valence-corrected chi connectivity index (χ1v) is 16.6. The molecule has 2 aromatic rings. The molecule has 1 fully saturated rings. The minimum atomic E-state index is -1.06. The maximum Gasteiger partial charge on any atom is 0.320 e. The number of nitrogens with one attached hydrogen (secondary N) is 1. The molecule has 0 spiro atoms. The van der Waals surface area contributed by atoms with Gasteiger partial charge in [0.2, 0.25) is 0 Å². The van der Waals surface area contributed by atoms with Gasteiger partial charge in [0.15, 0.2) is 11.6 Å². The van der Waals surface area contributed by atoms with E-state index in [0.29, 0.717) is 25.2 Å². The van der Waals surface area contributed by atoms with E-state index in [1.807, 2.05) is 13.8 Å². The lowest BCUT2D eigenvalue weighted by molar-refractivity contribution is -0.138. The van der Waals surface area contributed by atoms with Gasteiger partial charge in [-0.1, -0.05) is 32.9 Å². The van der Waals surface area contributed by atoms with Gasteiger partial charge in [-0.2, -0.15) is 0 Å². The molecule has 1 saturated heterocycles. The van der Waals surface area contributed by atoms with Crippen LogP contribution in [0.4, 0.5) is 15.0 Å². The average molecular weight is 641 g/mol. The molecule has 2 aliphatic heterocycles. The molecule has 0 aliphatic carbocycles. The predicted octanol–water partition coefficient (Wildman–Crippen LogP) is 7.24. The van der Waals surface area contributed by atoms with Crippen LogP contribution in [-0.2, 0) is 22.4 Å². The molecule has 1 aromatic carbocycles. The first-order chi connectivity index (χ1) is 21.5. The van der Waals surface area contributed by atoms with Gasteiger partial charge in [0.1, 0.15) is 11.4 Å². The van der Waals surface area contributed by atoms with Crippen LogP contribution in [-0.4, -0.2) is 75.9 Å². The average Bonchev–Trinajstić information content (AvgIpc) is 3.34. The number of pyridine rings is 1. The Morgan fingerprint density at radius 3 is 2.52 bits per heavy atom. The number of carboxylic acids is 1. The molecule has 10 heteroatoms. The molecule has 3 heterocycles. The van der Waals surface area contributed by atoms with Crippen molar-refractivity contribution in [1.82, 2.24) is 14.8 Å². The van der Waals surface area contributed by atoms with Crippen LogP contribution in [0.2, 0.25) is 0 Å². The van der Waals surface area contributed by atoms with Crippen LogP contribution < -0.4 is 10.1 Å². The van der Waals surface area contributed by atoms with Gasteiger partial charge in [-0.25, -0.2) is 14.2 Å². The SMILES string of the molecule is CC(C)(C)CCC(C)(C)OCC(C)(C)Oc1ccc([C@H](CC(=O)O)N2CCN(CCCc3ccc4c(n3)NCCC4)C2=O)cc1F. The first kappa shape index (κ1) is 35.5. The van der Waals surface area contributed by atoms with Crippen molar-refractivity contribution in [2.75, 3.05) is 38.1 Å². The van der Waals surface area contributed by atoms with E-state index >= 15 is 4.39 Å². The number of carbonyl (C=O) groups excluding carboxylic acids is 1. The Labute approximate surface area is 273 Å². The highest BCUT2D eigenvalue weighted by Gasteiger charge is 2.36. The largest absolute Gasteiger partial charge is 0.482 e. The maximum atomic E-state index is 15.5. The Hall–Kier alpha value is -3.40. The van der Waals surface area contributed by atoms with Crippen molar-refractivity contribution in [3.05, 3.63) is 53.0 Å². The Morgan fingerprint density at radius 1 is 1.07 bits per heavy atom. The second-order valence-corrected chi connectivity index (χ2v) is 15.2. The van der Waals surface area contributed by atoms with Crippen molar-refractivity contribution in [2.45, 2.75) is 111 Å². The van der Waals surface area contributed by atoms with Crippen molar-refractivity contribution in [3.8, 4) is 5.75 Å². The van der Waals surface area contributed by atoms with Gasteiger partial charge in [0.25, 0.3) is 0 Å². The zero-order chi connectivity index (χ0) is 33.7. The number of ether oxygens (including phenoxy) is 2. The number of carboxylic acid groups (broad SMARTS) is 1. The Bertz CT molecular complexity index is 1370. The predicted molar refractivity (Wildman–Crippen MR) is 178 cm³/mol. The summed E-state index contributed by atoms with van der Waals surface area (Å²) in [5.74, 6) is -0.654. The lowest BCUT2D eigenvalue weighted by atomic mass is 9.86. The third-order valence-electron chi connectivity index (χ3n) is 8.70. The molecular formula is C36H53FN4O5. The van der Waals surface area contributed by atoms with E-state index in [-0.39, 0.29) is 35.8 Å². The third kappa shape index (κ3) is 10.0. The zero-order valence-corrected chi connectivity index (χ0v) is 28.7. The van der Waals surface area contributed by atoms with Crippen LogP contribution in [0.1, 0.15) is 103 Å². The van der Waals surface area contributed by atoms with E-state index in [1.54, 1.807) is 15.9 Å². The molecule has 0 unspecified atom stereocenters. The third-order valence-corrected chi connectivity index (χ3v) is 8.70. The Balaban J connectivity index is 1.36. The molecule has 2 amide bonds. The van der Waals surface area contributed by atoms with Crippen molar-refractivity contribution in [2.24, 2.45) is 5.41 Å². The van der Waals surface area contributed by atoms with Crippen LogP contribution in [0.5, 0.6) is 5.75 Å². The number of urea groups is 1. The van der Waals surface area contributed by atoms with E-state index < -0.39 is 23.4 Å². The number of anilines is 1. The number of aliphatic carboxylic acids is 1. The number of hydrogen-bond acceptors (Lipinski definition) is 6. The highest BCUT2D eigenvalue weighted by atomic mass is 19.1. The van der Waals surface area contributed by atoms with E-state index in [4.69, 9.17) is 14.5 Å². The number of fused-ring (bicyclic) bond motifs is 1. The summed E-state index contributed by atoms with van der Waals surface area (Å²) in [6.45, 7) is 17.0. The minimum absolute atomic E-state index is 0.0549. The number of hydrogen-bond donors (Lipinski definition) is 2. The molecule has 2 aliphatic rings. The number of carbonyl (C=O) groups is 2. The quantitative estimate of drug-likeness (QED) is 0.211. The van der Waals surface area contributed by atoms with Crippen LogP contribution in [0.25, 0.3) is 0 Å². The van der Waals surface area contributed by atoms with E-state index in [0.717, 1.165) is 56.6 Å². The van der Waals surface area contributed by atoms with E-state index in [9.17, 15) is 14.7 Å². The van der Waals surface area contributed by atoms with Gasteiger partial charge >= 0.3 is 12.0 Å². The first-order valence-electron chi connectivity index (χ1n) is 16.6. The number of aryl methyl sites for hydroxylation is 2. The fourth-order valence-corrected chi connectivity index (χ4v) is 5.88. The maximum absolute atomic E-state index is 15.5. The topological polar surface area (TPSA) is 104 Å². The summed E-state index contributed by atoms with van der Waals surface area (Å²) >= 11 is 0. The fraction of sp³-hybridized carbons (Fsp3) is 0.639. The number of amides is 2. The van der Waals surface area contributed by atoms with Gasteiger partial charge in [-0.05, 0) is 101 Å². The summed E-state index contributed by atoms with van der Waals surface area (Å²) in [7, 11) is 0. The highest BCUT2D eigenvalue weighted by Crippen LogP contribution is 2.33. The number of aromatic nitrogens is 1. The zero-order valence-electron chi connectivity index (χ0n) is 28.7. The summed E-state index contributed by atoms with van der Waals surface area (Å²) in [5.41, 5.74) is 1.68. The minimum Gasteiger partial charge on any atom is -0.482 e. The molecule has 254 valence electrons. The smallest absolute Gasteiger partial charge is 0.320 e. The van der Waals surface area contributed by atoms with Gasteiger partial charge in [0, 0.05) is 31.9 Å². The van der Waals surface area contributed by atoms with Crippen LogP contribution >= 0.6 is 0 Å². The molecular weight excluding hydrogens is 587 g/mol. The summed E-state index contributed by atoms with van der Waals surface area (Å²) < 4.78 is 27.7. The van der Waals surface area contributed by atoms with E-state index in [2.05, 4.69) is 52.1 Å². The molecule has 0 bridgehead atoms. The number of nitrogens with zero attached hydrogens (tertiary/aromatic N) is 3. The Morgan fingerprint density at radius 2 is 1.83 bits per heavy atom. The molecule has 0 saturated carbocycles. The molecule has 46 heavy (non-hydrogen) atoms. The van der Waals surface area contributed by atoms with Crippen LogP contribution in [0, 0.1) is 11.2 Å². The summed E-state index contributed by atoms with van der Waals surface area (Å²) in [5, 5.41) is 13.1. The molecule has 1 aromatic heterocycles. The molecule has 1 atom stereocenters. The second-order valence-electron chi connectivity index (χ2n) is 15.2. The molecule has 4 rings (SSSR count). The van der Waals surface area contributed by atoms with Crippen LogP contribution in [0.3, 0.4) is 0 Å². The van der Waals surface area contributed by atoms with E-state index in [1.165, 1.54) is 17.7 Å². The summed E-state index contributed by atoms with van der Waals surface area (Å²) in [6, 6.07) is 7.61. The van der Waals surface area contributed by atoms with Gasteiger partial charge < -0.3 is 29.7 Å². The van der Waals surface area contributed by atoms with Crippen molar-refractivity contribution < 1.29 is 28.6 Å². The lowest BCUT2D eigenvalue weighted by Crippen LogP contribution is -2.39. The highest BCUT2D eigenvalue weighted by molar-refractivity contribution is 5.78. The van der Waals surface area contributed by atoms with Crippen molar-refractivity contribution in [3.63, 3.8) is 0 Å². The standard InChI is InChI=1S/C36H53FN4O5/c1-34(2,3)16-17-35(4,5)45-24-36(6,7)46-30-15-13-26(22-28(30)37)29(23-31(42)43)41-21-20-40(33(41)44)19-9-11-27-14-12-25-10-8-18-38-32(25)39-27/h12-15,22,29H,8-11,16-21,23-24H2,1-7H3,(H,38,39)(H,42,43)/t29-/m0/s1. The molecule has 2 N–H and O–H groups in total. The van der Waals surface area contributed by atoms with Crippen molar-refractivity contribution in [1.29, 1.82) is 0 Å².